The zero-order valence-corrected chi connectivity index (χ0v) is 9.70. The van der Waals surface area contributed by atoms with Crippen molar-refractivity contribution >= 4 is 11.6 Å². The van der Waals surface area contributed by atoms with E-state index in [1.54, 1.807) is 0 Å². The molecule has 7 heteroatoms. The Labute approximate surface area is 105 Å². The van der Waals surface area contributed by atoms with E-state index in [2.05, 4.69) is 5.10 Å². The first-order valence-corrected chi connectivity index (χ1v) is 5.33. The van der Waals surface area contributed by atoms with Gasteiger partial charge in [-0.2, -0.15) is 5.10 Å². The number of aliphatic hydroxyl groups is 1. The Kier molecular flexibility index (Phi) is 3.58. The van der Waals surface area contributed by atoms with Gasteiger partial charge in [-0.1, -0.05) is 11.6 Å². The molecule has 0 aliphatic carbocycles. The van der Waals surface area contributed by atoms with Crippen molar-refractivity contribution in [2.45, 2.75) is 13.0 Å². The number of aliphatic hydroxyl groups excluding tert-OH is 1. The maximum absolute atomic E-state index is 13.3. The standard InChI is InChI=1S/C11H8ClF3N2O/c12-8-2-1-7(3-9(8)13)17-10(11(14)15)6(5-18)4-16-17/h1-4,11,18H,5H2. The number of halogens is 4. The van der Waals surface area contributed by atoms with Crippen molar-refractivity contribution in [2.75, 3.05) is 0 Å². The van der Waals surface area contributed by atoms with Gasteiger partial charge >= 0.3 is 0 Å². The van der Waals surface area contributed by atoms with E-state index in [-0.39, 0.29) is 16.3 Å². The predicted molar refractivity (Wildman–Crippen MR) is 59.4 cm³/mol. The fraction of sp³-hybridized carbons (Fsp3) is 0.182. The monoisotopic (exact) mass is 276 g/mol. The normalized spacial score (nSPS) is 11.2. The summed E-state index contributed by atoms with van der Waals surface area (Å²) in [6.45, 7) is -0.560. The van der Waals surface area contributed by atoms with Crippen LogP contribution in [0.3, 0.4) is 0 Å². The third-order valence-corrected chi connectivity index (χ3v) is 2.72. The molecule has 1 heterocycles. The van der Waals surface area contributed by atoms with E-state index in [1.165, 1.54) is 12.1 Å². The highest BCUT2D eigenvalue weighted by atomic mass is 35.5. The lowest BCUT2D eigenvalue weighted by Crippen LogP contribution is -2.05. The van der Waals surface area contributed by atoms with Gasteiger partial charge in [0.2, 0.25) is 0 Å². The molecule has 0 aliphatic rings. The molecule has 0 amide bonds. The molecular weight excluding hydrogens is 269 g/mol. The number of hydrogen-bond donors (Lipinski definition) is 1. The van der Waals surface area contributed by atoms with Gasteiger partial charge in [-0.3, -0.25) is 0 Å². The molecule has 0 saturated carbocycles. The molecule has 2 rings (SSSR count). The number of aromatic nitrogens is 2. The molecule has 1 N–H and O–H groups in total. The summed E-state index contributed by atoms with van der Waals surface area (Å²) in [5.41, 5.74) is -0.341. The zero-order chi connectivity index (χ0) is 13.3. The average molecular weight is 277 g/mol. The minimum atomic E-state index is -2.83. The summed E-state index contributed by atoms with van der Waals surface area (Å²) >= 11 is 5.51. The van der Waals surface area contributed by atoms with Gasteiger partial charge in [0, 0.05) is 11.6 Å². The summed E-state index contributed by atoms with van der Waals surface area (Å²) in [5.74, 6) is -0.726. The summed E-state index contributed by atoms with van der Waals surface area (Å²) in [6.07, 6.45) is -1.71. The summed E-state index contributed by atoms with van der Waals surface area (Å²) in [6, 6.07) is 3.62. The van der Waals surface area contributed by atoms with Crippen molar-refractivity contribution in [3.8, 4) is 5.69 Å². The summed E-state index contributed by atoms with van der Waals surface area (Å²) in [5, 5.41) is 12.6. The van der Waals surface area contributed by atoms with Crippen LogP contribution in [0.5, 0.6) is 0 Å². The first-order chi connectivity index (χ1) is 8.54. The highest BCUT2D eigenvalue weighted by Crippen LogP contribution is 2.27. The molecule has 2 aromatic rings. The van der Waals surface area contributed by atoms with Gasteiger partial charge in [0.15, 0.2) is 0 Å². The molecule has 0 atom stereocenters. The Morgan fingerprint density at radius 1 is 1.39 bits per heavy atom. The van der Waals surface area contributed by atoms with Crippen LogP contribution in [0, 0.1) is 5.82 Å². The maximum atomic E-state index is 13.3. The number of rotatable bonds is 3. The van der Waals surface area contributed by atoms with Crippen LogP contribution >= 0.6 is 11.6 Å². The molecule has 1 aromatic heterocycles. The lowest BCUT2D eigenvalue weighted by atomic mass is 10.2. The van der Waals surface area contributed by atoms with Gasteiger partial charge in [0.1, 0.15) is 11.5 Å². The van der Waals surface area contributed by atoms with E-state index in [0.717, 1.165) is 16.9 Å². The quantitative estimate of drug-likeness (QED) is 0.935. The van der Waals surface area contributed by atoms with E-state index in [1.807, 2.05) is 0 Å². The molecule has 0 radical (unpaired) electrons. The van der Waals surface area contributed by atoms with Crippen LogP contribution in [-0.4, -0.2) is 14.9 Å². The molecule has 0 spiro atoms. The number of nitrogens with zero attached hydrogens (tertiary/aromatic N) is 2. The van der Waals surface area contributed by atoms with E-state index < -0.39 is 24.5 Å². The van der Waals surface area contributed by atoms with Crippen LogP contribution in [0.4, 0.5) is 13.2 Å². The molecule has 0 fully saturated rings. The van der Waals surface area contributed by atoms with E-state index in [0.29, 0.717) is 0 Å². The van der Waals surface area contributed by atoms with Crippen LogP contribution in [0.25, 0.3) is 5.69 Å². The van der Waals surface area contributed by atoms with Gasteiger partial charge in [-0.25, -0.2) is 17.9 Å². The molecule has 1 aromatic carbocycles. The minimum absolute atomic E-state index is 0.000332. The molecule has 0 saturated heterocycles. The Morgan fingerprint density at radius 2 is 2.11 bits per heavy atom. The number of alkyl halides is 2. The molecule has 0 bridgehead atoms. The smallest absolute Gasteiger partial charge is 0.280 e. The third kappa shape index (κ3) is 2.21. The molecule has 3 nitrogen and oxygen atoms in total. The van der Waals surface area contributed by atoms with Crippen molar-refractivity contribution in [3.05, 3.63) is 46.5 Å². The second kappa shape index (κ2) is 4.99. The Hall–Kier alpha value is -1.53. The van der Waals surface area contributed by atoms with Gasteiger partial charge < -0.3 is 5.11 Å². The van der Waals surface area contributed by atoms with Crippen molar-refractivity contribution in [1.29, 1.82) is 0 Å². The highest BCUT2D eigenvalue weighted by molar-refractivity contribution is 6.30. The van der Waals surface area contributed by atoms with Crippen LogP contribution in [0.1, 0.15) is 17.7 Å². The maximum Gasteiger partial charge on any atom is 0.280 e. The average Bonchev–Trinajstić information content (AvgIpc) is 2.76. The van der Waals surface area contributed by atoms with Gasteiger partial charge in [-0.05, 0) is 12.1 Å². The summed E-state index contributed by atoms with van der Waals surface area (Å²) < 4.78 is 39.9. The molecule has 96 valence electrons. The zero-order valence-electron chi connectivity index (χ0n) is 8.95. The second-order valence-electron chi connectivity index (χ2n) is 3.52. The topological polar surface area (TPSA) is 38.1 Å². The Bertz CT molecular complexity index is 571. The molecular formula is C11H8ClF3N2O. The first-order valence-electron chi connectivity index (χ1n) is 4.95. The molecule has 18 heavy (non-hydrogen) atoms. The summed E-state index contributed by atoms with van der Waals surface area (Å²) in [4.78, 5) is 0. The lowest BCUT2D eigenvalue weighted by Gasteiger charge is -2.08. The Morgan fingerprint density at radius 3 is 2.67 bits per heavy atom. The first kappa shape index (κ1) is 12.9. The molecule has 0 unspecified atom stereocenters. The second-order valence-corrected chi connectivity index (χ2v) is 3.93. The predicted octanol–water partition coefficient (Wildman–Crippen LogP) is 3.09. The fourth-order valence-electron chi connectivity index (χ4n) is 1.57. The summed E-state index contributed by atoms with van der Waals surface area (Å²) in [7, 11) is 0. The van der Waals surface area contributed by atoms with Crippen molar-refractivity contribution in [1.82, 2.24) is 9.78 Å². The van der Waals surface area contributed by atoms with E-state index in [9.17, 15) is 13.2 Å². The van der Waals surface area contributed by atoms with E-state index >= 15 is 0 Å². The number of hydrogen-bond acceptors (Lipinski definition) is 2. The van der Waals surface area contributed by atoms with Gasteiger partial charge in [-0.15, -0.1) is 0 Å². The highest BCUT2D eigenvalue weighted by Gasteiger charge is 2.20. The number of benzene rings is 1. The van der Waals surface area contributed by atoms with Crippen LogP contribution in [0.2, 0.25) is 5.02 Å². The van der Waals surface area contributed by atoms with Gasteiger partial charge in [0.25, 0.3) is 6.43 Å². The van der Waals surface area contributed by atoms with Crippen molar-refractivity contribution in [3.63, 3.8) is 0 Å². The van der Waals surface area contributed by atoms with Crippen molar-refractivity contribution < 1.29 is 18.3 Å². The lowest BCUT2D eigenvalue weighted by molar-refractivity contribution is 0.138. The fourth-order valence-corrected chi connectivity index (χ4v) is 1.69. The van der Waals surface area contributed by atoms with Crippen LogP contribution < -0.4 is 0 Å². The minimum Gasteiger partial charge on any atom is -0.392 e. The van der Waals surface area contributed by atoms with Crippen molar-refractivity contribution in [2.24, 2.45) is 0 Å². The third-order valence-electron chi connectivity index (χ3n) is 2.41. The van der Waals surface area contributed by atoms with Crippen LogP contribution in [-0.2, 0) is 6.61 Å². The SMILES string of the molecule is OCc1cnn(-c2ccc(Cl)c(F)c2)c1C(F)F. The van der Waals surface area contributed by atoms with Crippen LogP contribution in [0.15, 0.2) is 24.4 Å². The largest absolute Gasteiger partial charge is 0.392 e. The Balaban J connectivity index is 2.56. The van der Waals surface area contributed by atoms with E-state index in [4.69, 9.17) is 16.7 Å². The molecule has 0 aliphatic heterocycles. The van der Waals surface area contributed by atoms with Gasteiger partial charge in [0.05, 0.1) is 23.5 Å².